The van der Waals surface area contributed by atoms with Gasteiger partial charge in [-0.1, -0.05) is 43.7 Å². The zero-order valence-corrected chi connectivity index (χ0v) is 12.9. The Balaban J connectivity index is 2.18. The third-order valence-electron chi connectivity index (χ3n) is 4.62. The summed E-state index contributed by atoms with van der Waals surface area (Å²) < 4.78 is 1.56. The number of hydrogen-bond acceptors (Lipinski definition) is 0. The van der Waals surface area contributed by atoms with E-state index in [1.54, 1.807) is 14.7 Å². The molecule has 0 amide bonds. The van der Waals surface area contributed by atoms with E-state index in [1.807, 2.05) is 0 Å². The molecule has 1 aromatic carbocycles. The van der Waals surface area contributed by atoms with Gasteiger partial charge in [0, 0.05) is 0 Å². The third-order valence-corrected chi connectivity index (χ3v) is 5.52. The molecule has 1 aromatic rings. The molecule has 0 heterocycles. The van der Waals surface area contributed by atoms with Gasteiger partial charge in [-0.2, -0.15) is 0 Å². The van der Waals surface area contributed by atoms with E-state index >= 15 is 0 Å². The Labute approximate surface area is 118 Å². The molecule has 0 saturated heterocycles. The van der Waals surface area contributed by atoms with Crippen molar-refractivity contribution in [1.82, 2.24) is 0 Å². The van der Waals surface area contributed by atoms with Crippen LogP contribution in [0.25, 0.3) is 0 Å². The first-order chi connectivity index (χ1) is 8.00. The van der Waals surface area contributed by atoms with Crippen molar-refractivity contribution in [1.29, 1.82) is 0 Å². The van der Waals surface area contributed by atoms with Crippen LogP contribution in [0.5, 0.6) is 0 Å². The maximum Gasteiger partial charge on any atom is -0.00317 e. The lowest BCUT2D eigenvalue weighted by Crippen LogP contribution is -2.26. The van der Waals surface area contributed by atoms with Crippen molar-refractivity contribution in [2.75, 3.05) is 0 Å². The van der Waals surface area contributed by atoms with E-state index < -0.39 is 0 Å². The average Bonchev–Trinajstić information content (AvgIpc) is 2.49. The van der Waals surface area contributed by atoms with Crippen LogP contribution in [0.15, 0.2) is 27.9 Å². The normalized spacial score (nSPS) is 29.5. The predicted molar refractivity (Wildman–Crippen MR) is 81.8 cm³/mol. The summed E-state index contributed by atoms with van der Waals surface area (Å²) in [6.07, 6.45) is 5.13. The van der Waals surface area contributed by atoms with Crippen LogP contribution >= 0.6 is 22.6 Å². The van der Waals surface area contributed by atoms with Gasteiger partial charge in [0.1, 0.15) is 0 Å². The van der Waals surface area contributed by atoms with Gasteiger partial charge in [-0.15, -0.1) is 0 Å². The number of halogens is 1. The first-order valence-corrected chi connectivity index (χ1v) is 7.55. The lowest BCUT2D eigenvalue weighted by molar-refractivity contribution is 0.347. The highest BCUT2D eigenvalue weighted by Gasteiger charge is 2.45. The van der Waals surface area contributed by atoms with E-state index in [9.17, 15) is 0 Å². The fourth-order valence-electron chi connectivity index (χ4n) is 3.66. The topological polar surface area (TPSA) is 0 Å². The maximum absolute atomic E-state index is 2.53. The Morgan fingerprint density at radius 3 is 2.82 bits per heavy atom. The average molecular weight is 338 g/mol. The molecule has 0 bridgehead atoms. The first-order valence-electron chi connectivity index (χ1n) is 6.47. The van der Waals surface area contributed by atoms with Crippen molar-refractivity contribution < 1.29 is 0 Å². The van der Waals surface area contributed by atoms with E-state index in [4.69, 9.17) is 0 Å². The highest BCUT2D eigenvalue weighted by atomic mass is 127. The molecule has 0 aliphatic heterocycles. The van der Waals surface area contributed by atoms with Gasteiger partial charge in [0.25, 0.3) is 0 Å². The molecule has 0 nitrogen and oxygen atoms in total. The van der Waals surface area contributed by atoms with E-state index in [-0.39, 0.29) is 0 Å². The van der Waals surface area contributed by atoms with Crippen molar-refractivity contribution >= 4 is 22.6 Å². The predicted octanol–water partition coefficient (Wildman–Crippen LogP) is 5.10. The maximum atomic E-state index is 2.53. The first kappa shape index (κ1) is 11.8. The van der Waals surface area contributed by atoms with Crippen LogP contribution in [-0.4, -0.2) is 0 Å². The van der Waals surface area contributed by atoms with Crippen LogP contribution in [-0.2, 0) is 5.41 Å². The van der Waals surface area contributed by atoms with Crippen molar-refractivity contribution in [3.63, 3.8) is 0 Å². The number of fused-ring (bicyclic) bond motifs is 3. The highest BCUT2D eigenvalue weighted by molar-refractivity contribution is 14.1. The highest BCUT2D eigenvalue weighted by Crippen LogP contribution is 2.55. The molecule has 2 aliphatic carbocycles. The standard InChI is InChI=1S/C16H19I/c1-10-4-6-12-13-7-5-11(17)9-15(13)16(2,3)14(12)8-10/h4,6,8-9,13,15H,5,7H2,1-3H3. The minimum atomic E-state index is 0.308. The Morgan fingerprint density at radius 1 is 1.29 bits per heavy atom. The van der Waals surface area contributed by atoms with Gasteiger partial charge in [-0.05, 0) is 74.3 Å². The Morgan fingerprint density at radius 2 is 2.06 bits per heavy atom. The molecule has 17 heavy (non-hydrogen) atoms. The van der Waals surface area contributed by atoms with Crippen LogP contribution < -0.4 is 0 Å². The number of aryl methyl sites for hydroxylation is 1. The molecule has 3 rings (SSSR count). The van der Waals surface area contributed by atoms with Crippen molar-refractivity contribution in [2.45, 2.75) is 44.9 Å². The van der Waals surface area contributed by atoms with Gasteiger partial charge in [0.2, 0.25) is 0 Å². The van der Waals surface area contributed by atoms with Crippen LogP contribution in [0.3, 0.4) is 0 Å². The number of rotatable bonds is 0. The molecule has 2 unspecified atom stereocenters. The van der Waals surface area contributed by atoms with Crippen molar-refractivity contribution in [3.8, 4) is 0 Å². The Kier molecular flexibility index (Phi) is 2.66. The number of allylic oxidation sites excluding steroid dienone is 2. The second-order valence-electron chi connectivity index (χ2n) is 6.10. The molecular formula is C16H19I. The molecule has 0 N–H and O–H groups in total. The zero-order valence-electron chi connectivity index (χ0n) is 10.8. The van der Waals surface area contributed by atoms with Crippen LogP contribution in [0.1, 0.15) is 49.3 Å². The van der Waals surface area contributed by atoms with E-state index in [1.165, 1.54) is 18.4 Å². The van der Waals surface area contributed by atoms with Crippen LogP contribution in [0.2, 0.25) is 0 Å². The fraction of sp³-hybridized carbons (Fsp3) is 0.500. The van der Waals surface area contributed by atoms with Gasteiger partial charge >= 0.3 is 0 Å². The zero-order chi connectivity index (χ0) is 12.2. The van der Waals surface area contributed by atoms with Gasteiger partial charge < -0.3 is 0 Å². The molecule has 0 fully saturated rings. The SMILES string of the molecule is Cc1ccc2c(c1)C(C)(C)C1C=C(I)CCC21. The van der Waals surface area contributed by atoms with Crippen LogP contribution in [0.4, 0.5) is 0 Å². The summed E-state index contributed by atoms with van der Waals surface area (Å²) in [6.45, 7) is 7.04. The smallest absolute Gasteiger partial charge is 0.00317 e. The van der Waals surface area contributed by atoms with Gasteiger partial charge in [-0.25, -0.2) is 0 Å². The summed E-state index contributed by atoms with van der Waals surface area (Å²) in [7, 11) is 0. The number of hydrogen-bond donors (Lipinski definition) is 0. The fourth-order valence-corrected chi connectivity index (χ4v) is 4.36. The Hall–Kier alpha value is -0.310. The molecular weight excluding hydrogens is 319 g/mol. The largest absolute Gasteiger partial charge is 0.0706 e. The van der Waals surface area contributed by atoms with Crippen molar-refractivity contribution in [3.05, 3.63) is 44.5 Å². The molecule has 0 spiro atoms. The minimum absolute atomic E-state index is 0.308. The molecule has 0 aromatic heterocycles. The monoisotopic (exact) mass is 338 g/mol. The molecule has 2 atom stereocenters. The molecule has 0 radical (unpaired) electrons. The van der Waals surface area contributed by atoms with E-state index in [0.717, 1.165) is 5.92 Å². The quantitative estimate of drug-likeness (QED) is 0.578. The summed E-state index contributed by atoms with van der Waals surface area (Å²) in [5.74, 6) is 1.47. The second kappa shape index (κ2) is 3.84. The second-order valence-corrected chi connectivity index (χ2v) is 7.48. The lowest BCUT2D eigenvalue weighted by Gasteiger charge is -2.32. The van der Waals surface area contributed by atoms with E-state index in [0.29, 0.717) is 11.3 Å². The molecule has 90 valence electrons. The summed E-state index contributed by atoms with van der Waals surface area (Å²) in [5.41, 5.74) is 4.91. The molecule has 1 heteroatoms. The summed E-state index contributed by atoms with van der Waals surface area (Å²) in [5, 5.41) is 0. The summed E-state index contributed by atoms with van der Waals surface area (Å²) in [4.78, 5) is 0. The molecule has 2 aliphatic rings. The third kappa shape index (κ3) is 1.69. The van der Waals surface area contributed by atoms with Gasteiger partial charge in [-0.3, -0.25) is 0 Å². The number of benzene rings is 1. The minimum Gasteiger partial charge on any atom is -0.0706 e. The van der Waals surface area contributed by atoms with Gasteiger partial charge in [0.05, 0.1) is 0 Å². The molecule has 0 saturated carbocycles. The summed E-state index contributed by atoms with van der Waals surface area (Å²) in [6, 6.07) is 7.07. The van der Waals surface area contributed by atoms with Crippen molar-refractivity contribution in [2.24, 2.45) is 5.92 Å². The van der Waals surface area contributed by atoms with E-state index in [2.05, 4.69) is 67.6 Å². The lowest BCUT2D eigenvalue weighted by atomic mass is 9.73. The van der Waals surface area contributed by atoms with Gasteiger partial charge in [0.15, 0.2) is 0 Å². The summed E-state index contributed by atoms with van der Waals surface area (Å²) >= 11 is 2.52. The Bertz CT molecular complexity index is 496. The van der Waals surface area contributed by atoms with Crippen LogP contribution in [0, 0.1) is 12.8 Å².